The largest absolute Gasteiger partial charge is 0.399 e. The summed E-state index contributed by atoms with van der Waals surface area (Å²) in [6, 6.07) is 4.55. The Kier molecular flexibility index (Phi) is 4.94. The third-order valence-corrected chi connectivity index (χ3v) is 4.84. The molecule has 0 fully saturated rings. The average molecular weight is 306 g/mol. The number of anilines is 1. The highest BCUT2D eigenvalue weighted by Crippen LogP contribution is 2.15. The van der Waals surface area contributed by atoms with Gasteiger partial charge in [0.15, 0.2) is 0 Å². The molecule has 0 saturated carbocycles. The Labute approximate surface area is 114 Å². The Hall–Kier alpha value is -1.12. The Morgan fingerprint density at radius 3 is 2.32 bits per heavy atom. The second-order valence-corrected chi connectivity index (χ2v) is 8.49. The summed E-state index contributed by atoms with van der Waals surface area (Å²) in [6.07, 6.45) is 1.35. The van der Waals surface area contributed by atoms with Crippen molar-refractivity contribution in [1.82, 2.24) is 4.72 Å². The molecule has 0 aliphatic rings. The van der Waals surface area contributed by atoms with Crippen LogP contribution in [0.15, 0.2) is 23.1 Å². The molecule has 0 spiro atoms. The number of nitrogens with one attached hydrogen (secondary N) is 1. The molecule has 1 aromatic carbocycles. The predicted molar refractivity (Wildman–Crippen MR) is 75.1 cm³/mol. The smallest absolute Gasteiger partial charge is 0.240 e. The van der Waals surface area contributed by atoms with Crippen LogP contribution in [0.5, 0.6) is 0 Å². The van der Waals surface area contributed by atoms with E-state index in [2.05, 4.69) is 4.72 Å². The van der Waals surface area contributed by atoms with Gasteiger partial charge in [-0.25, -0.2) is 21.6 Å². The third-order valence-electron chi connectivity index (χ3n) is 2.37. The summed E-state index contributed by atoms with van der Waals surface area (Å²) in [5, 5.41) is 0. The van der Waals surface area contributed by atoms with Gasteiger partial charge in [-0.05, 0) is 37.1 Å². The molecule has 0 amide bonds. The molecule has 0 aliphatic carbocycles. The van der Waals surface area contributed by atoms with E-state index in [-0.39, 0.29) is 23.6 Å². The molecule has 0 radical (unpaired) electrons. The van der Waals surface area contributed by atoms with E-state index in [1.807, 2.05) is 0 Å². The van der Waals surface area contributed by atoms with Crippen LogP contribution in [-0.4, -0.2) is 35.4 Å². The van der Waals surface area contributed by atoms with Crippen molar-refractivity contribution in [2.24, 2.45) is 0 Å². The molecule has 0 atom stereocenters. The van der Waals surface area contributed by atoms with E-state index < -0.39 is 19.9 Å². The summed E-state index contributed by atoms with van der Waals surface area (Å²) < 4.78 is 48.1. The second kappa shape index (κ2) is 5.89. The molecule has 0 aliphatic heterocycles. The van der Waals surface area contributed by atoms with E-state index >= 15 is 0 Å². The molecule has 0 unspecified atom stereocenters. The minimum atomic E-state index is -3.65. The monoisotopic (exact) mass is 306 g/mol. The number of rotatable bonds is 6. The standard InChI is InChI=1S/C11H18N2O4S2/c1-9-6-10(12)8-11(7-9)19(16,17)13-4-3-5-18(2,14)15/h6-8,13H,3-5,12H2,1-2H3. The van der Waals surface area contributed by atoms with Gasteiger partial charge in [0.05, 0.1) is 10.6 Å². The van der Waals surface area contributed by atoms with Gasteiger partial charge < -0.3 is 5.73 Å². The van der Waals surface area contributed by atoms with Crippen LogP contribution in [0.1, 0.15) is 12.0 Å². The maximum atomic E-state index is 11.9. The van der Waals surface area contributed by atoms with Crippen molar-refractivity contribution in [3.8, 4) is 0 Å². The van der Waals surface area contributed by atoms with Gasteiger partial charge in [0, 0.05) is 18.5 Å². The van der Waals surface area contributed by atoms with Crippen molar-refractivity contribution in [1.29, 1.82) is 0 Å². The summed E-state index contributed by atoms with van der Waals surface area (Å²) >= 11 is 0. The zero-order valence-corrected chi connectivity index (χ0v) is 12.5. The lowest BCUT2D eigenvalue weighted by Crippen LogP contribution is -2.26. The van der Waals surface area contributed by atoms with Crippen LogP contribution in [0.25, 0.3) is 0 Å². The normalized spacial score (nSPS) is 12.5. The predicted octanol–water partition coefficient (Wildman–Crippen LogP) is 0.290. The van der Waals surface area contributed by atoms with Gasteiger partial charge in [-0.3, -0.25) is 0 Å². The Morgan fingerprint density at radius 2 is 1.79 bits per heavy atom. The van der Waals surface area contributed by atoms with Gasteiger partial charge in [-0.2, -0.15) is 0 Å². The quantitative estimate of drug-likeness (QED) is 0.580. The van der Waals surface area contributed by atoms with Crippen LogP contribution >= 0.6 is 0 Å². The molecule has 0 saturated heterocycles. The topological polar surface area (TPSA) is 106 Å². The van der Waals surface area contributed by atoms with Crippen molar-refractivity contribution in [2.75, 3.05) is 24.3 Å². The average Bonchev–Trinajstić information content (AvgIpc) is 2.22. The molecule has 1 rings (SSSR count). The Balaban J connectivity index is 2.71. The molecule has 0 aromatic heterocycles. The number of hydrogen-bond acceptors (Lipinski definition) is 5. The minimum absolute atomic E-state index is 0.0501. The van der Waals surface area contributed by atoms with Gasteiger partial charge in [0.25, 0.3) is 0 Å². The van der Waals surface area contributed by atoms with Gasteiger partial charge in [-0.1, -0.05) is 0 Å². The summed E-state index contributed by atoms with van der Waals surface area (Å²) in [5.74, 6) is -0.0501. The van der Waals surface area contributed by atoms with Crippen molar-refractivity contribution in [3.63, 3.8) is 0 Å². The first kappa shape index (κ1) is 15.9. The number of nitrogen functional groups attached to an aromatic ring is 1. The van der Waals surface area contributed by atoms with Gasteiger partial charge in [0.1, 0.15) is 9.84 Å². The third kappa shape index (κ3) is 5.58. The number of aryl methyl sites for hydroxylation is 1. The van der Waals surface area contributed by atoms with E-state index in [1.54, 1.807) is 13.0 Å². The SMILES string of the molecule is Cc1cc(N)cc(S(=O)(=O)NCCCS(C)(=O)=O)c1. The number of nitrogens with two attached hydrogens (primary N) is 1. The highest BCUT2D eigenvalue weighted by Gasteiger charge is 2.14. The molecule has 6 nitrogen and oxygen atoms in total. The van der Waals surface area contributed by atoms with E-state index in [9.17, 15) is 16.8 Å². The molecule has 3 N–H and O–H groups in total. The zero-order chi connectivity index (χ0) is 14.7. The van der Waals surface area contributed by atoms with Gasteiger partial charge >= 0.3 is 0 Å². The number of sulfonamides is 1. The summed E-state index contributed by atoms with van der Waals surface area (Å²) in [4.78, 5) is 0.0874. The summed E-state index contributed by atoms with van der Waals surface area (Å²) in [7, 11) is -6.72. The summed E-state index contributed by atoms with van der Waals surface area (Å²) in [6.45, 7) is 1.82. The van der Waals surface area contributed by atoms with Gasteiger partial charge in [-0.15, -0.1) is 0 Å². The minimum Gasteiger partial charge on any atom is -0.399 e. The highest BCUT2D eigenvalue weighted by atomic mass is 32.2. The van der Waals surface area contributed by atoms with Crippen LogP contribution < -0.4 is 10.5 Å². The van der Waals surface area contributed by atoms with E-state index in [1.165, 1.54) is 12.1 Å². The van der Waals surface area contributed by atoms with Crippen LogP contribution in [0.2, 0.25) is 0 Å². The molecule has 0 heterocycles. The van der Waals surface area contributed by atoms with Crippen LogP contribution in [0, 0.1) is 6.92 Å². The fourth-order valence-corrected chi connectivity index (χ4v) is 3.44. The molecule has 8 heteroatoms. The lowest BCUT2D eigenvalue weighted by atomic mass is 10.2. The number of sulfone groups is 1. The molecule has 0 bridgehead atoms. The van der Waals surface area contributed by atoms with Crippen molar-refractivity contribution >= 4 is 25.5 Å². The fourth-order valence-electron chi connectivity index (χ4n) is 1.56. The molecule has 108 valence electrons. The second-order valence-electron chi connectivity index (χ2n) is 4.46. The number of hydrogen-bond donors (Lipinski definition) is 2. The molecule has 1 aromatic rings. The first-order valence-corrected chi connectivity index (χ1v) is 9.19. The molecular weight excluding hydrogens is 288 g/mol. The van der Waals surface area contributed by atoms with E-state index in [0.717, 1.165) is 11.8 Å². The summed E-state index contributed by atoms with van der Waals surface area (Å²) in [5.41, 5.74) is 6.72. The Bertz CT molecular complexity index is 631. The lowest BCUT2D eigenvalue weighted by molar-refractivity contribution is 0.577. The molecular formula is C11H18N2O4S2. The van der Waals surface area contributed by atoms with Crippen molar-refractivity contribution in [3.05, 3.63) is 23.8 Å². The first-order valence-electron chi connectivity index (χ1n) is 5.65. The number of benzene rings is 1. The first-order chi connectivity index (χ1) is 8.60. The van der Waals surface area contributed by atoms with Crippen molar-refractivity contribution in [2.45, 2.75) is 18.2 Å². The highest BCUT2D eigenvalue weighted by molar-refractivity contribution is 7.90. The zero-order valence-electron chi connectivity index (χ0n) is 10.9. The van der Waals surface area contributed by atoms with Crippen LogP contribution in [0.3, 0.4) is 0 Å². The van der Waals surface area contributed by atoms with Crippen LogP contribution in [0.4, 0.5) is 5.69 Å². The van der Waals surface area contributed by atoms with Gasteiger partial charge in [0.2, 0.25) is 10.0 Å². The maximum Gasteiger partial charge on any atom is 0.240 e. The Morgan fingerprint density at radius 1 is 1.16 bits per heavy atom. The molecule has 19 heavy (non-hydrogen) atoms. The van der Waals surface area contributed by atoms with Crippen LogP contribution in [-0.2, 0) is 19.9 Å². The van der Waals surface area contributed by atoms with E-state index in [0.29, 0.717) is 5.69 Å². The van der Waals surface area contributed by atoms with Crippen molar-refractivity contribution < 1.29 is 16.8 Å². The van der Waals surface area contributed by atoms with E-state index in [4.69, 9.17) is 5.73 Å². The fraction of sp³-hybridized carbons (Fsp3) is 0.455. The maximum absolute atomic E-state index is 11.9. The lowest BCUT2D eigenvalue weighted by Gasteiger charge is -2.08.